The number of hydrogen-bond acceptors (Lipinski definition) is 2. The minimum atomic E-state index is -3.25. The molecule has 0 unspecified atom stereocenters. The molecule has 0 aliphatic rings. The van der Waals surface area contributed by atoms with E-state index in [4.69, 9.17) is 0 Å². The van der Waals surface area contributed by atoms with E-state index in [1.165, 1.54) is 5.56 Å². The molecular weight excluding hydrogens is 350 g/mol. The van der Waals surface area contributed by atoms with E-state index in [-0.39, 0.29) is 5.75 Å². The molecular formula is C16H18BrNO2S. The van der Waals surface area contributed by atoms with Crippen molar-refractivity contribution in [2.24, 2.45) is 0 Å². The molecule has 2 aromatic carbocycles. The minimum Gasteiger partial charge on any atom is -0.212 e. The van der Waals surface area contributed by atoms with Crippen LogP contribution in [-0.2, 0) is 28.3 Å². The molecule has 1 N–H and O–H groups in total. The Labute approximate surface area is 134 Å². The predicted molar refractivity (Wildman–Crippen MR) is 89.8 cm³/mol. The summed E-state index contributed by atoms with van der Waals surface area (Å²) >= 11 is 3.38. The van der Waals surface area contributed by atoms with Crippen molar-refractivity contribution in [1.29, 1.82) is 0 Å². The number of rotatable bonds is 7. The molecule has 2 aromatic rings. The highest BCUT2D eigenvalue weighted by Gasteiger charge is 2.10. The molecule has 0 bridgehead atoms. The van der Waals surface area contributed by atoms with Gasteiger partial charge in [0.05, 0.1) is 5.75 Å². The maximum Gasteiger partial charge on any atom is 0.212 e. The number of hydrogen-bond donors (Lipinski definition) is 1. The van der Waals surface area contributed by atoms with Crippen molar-refractivity contribution in [3.05, 3.63) is 71.3 Å². The predicted octanol–water partition coefficient (Wildman–Crippen LogP) is 3.24. The first kappa shape index (κ1) is 16.2. The van der Waals surface area contributed by atoms with E-state index in [2.05, 4.69) is 20.7 Å². The number of alkyl halides is 1. The van der Waals surface area contributed by atoms with E-state index in [1.54, 1.807) is 0 Å². The minimum absolute atomic E-state index is 0.108. The zero-order chi connectivity index (χ0) is 15.1. The Bertz CT molecular complexity index is 654. The Hall–Kier alpha value is -1.17. The van der Waals surface area contributed by atoms with Gasteiger partial charge in [0.2, 0.25) is 10.0 Å². The molecule has 0 amide bonds. The van der Waals surface area contributed by atoms with Gasteiger partial charge in [-0.05, 0) is 23.1 Å². The smallest absolute Gasteiger partial charge is 0.212 e. The molecule has 21 heavy (non-hydrogen) atoms. The first-order valence-corrected chi connectivity index (χ1v) is 9.51. The van der Waals surface area contributed by atoms with Crippen molar-refractivity contribution in [3.8, 4) is 0 Å². The lowest BCUT2D eigenvalue weighted by Crippen LogP contribution is -2.26. The third kappa shape index (κ3) is 5.61. The molecule has 0 spiro atoms. The average Bonchev–Trinajstić information content (AvgIpc) is 2.53. The maximum absolute atomic E-state index is 12.0. The van der Waals surface area contributed by atoms with E-state index in [0.29, 0.717) is 13.0 Å². The monoisotopic (exact) mass is 367 g/mol. The first-order valence-electron chi connectivity index (χ1n) is 6.74. The van der Waals surface area contributed by atoms with E-state index in [1.807, 2.05) is 54.6 Å². The summed E-state index contributed by atoms with van der Waals surface area (Å²) in [5.41, 5.74) is 3.17. The van der Waals surface area contributed by atoms with E-state index < -0.39 is 10.0 Å². The molecule has 0 aliphatic heterocycles. The van der Waals surface area contributed by atoms with Crippen molar-refractivity contribution in [3.63, 3.8) is 0 Å². The van der Waals surface area contributed by atoms with Gasteiger partial charge in [-0.2, -0.15) is 0 Å². The Morgan fingerprint density at radius 3 is 2.10 bits per heavy atom. The lowest BCUT2D eigenvalue weighted by Gasteiger charge is -2.07. The molecule has 112 valence electrons. The summed E-state index contributed by atoms with van der Waals surface area (Å²) in [6, 6.07) is 17.5. The molecule has 5 heteroatoms. The SMILES string of the molecule is O=S(=O)(CCc1ccccc1)NCc1ccc(CBr)cc1. The molecule has 0 heterocycles. The van der Waals surface area contributed by atoms with Crippen molar-refractivity contribution in [2.45, 2.75) is 18.3 Å². The fourth-order valence-corrected chi connectivity index (χ4v) is 3.32. The van der Waals surface area contributed by atoms with Crippen LogP contribution in [0, 0.1) is 0 Å². The number of halogens is 1. The molecule has 0 saturated heterocycles. The maximum atomic E-state index is 12.0. The van der Waals surface area contributed by atoms with Crippen molar-refractivity contribution in [1.82, 2.24) is 4.72 Å². The molecule has 3 nitrogen and oxygen atoms in total. The topological polar surface area (TPSA) is 46.2 Å². The third-order valence-electron chi connectivity index (χ3n) is 3.18. The van der Waals surface area contributed by atoms with Crippen LogP contribution in [0.15, 0.2) is 54.6 Å². The van der Waals surface area contributed by atoms with E-state index in [0.717, 1.165) is 16.5 Å². The van der Waals surface area contributed by atoms with Crippen LogP contribution in [0.1, 0.15) is 16.7 Å². The third-order valence-corrected chi connectivity index (χ3v) is 5.15. The Kier molecular flexibility index (Phi) is 5.96. The zero-order valence-electron chi connectivity index (χ0n) is 11.6. The van der Waals surface area contributed by atoms with Gasteiger partial charge in [0.15, 0.2) is 0 Å². The van der Waals surface area contributed by atoms with Crippen LogP contribution in [-0.4, -0.2) is 14.2 Å². The summed E-state index contributed by atoms with van der Waals surface area (Å²) in [6.45, 7) is 0.333. The molecule has 0 aromatic heterocycles. The number of sulfonamides is 1. The lowest BCUT2D eigenvalue weighted by atomic mass is 10.2. The highest BCUT2D eigenvalue weighted by atomic mass is 79.9. The fraction of sp³-hybridized carbons (Fsp3) is 0.250. The van der Waals surface area contributed by atoms with Gasteiger partial charge >= 0.3 is 0 Å². The molecule has 0 radical (unpaired) electrons. The molecule has 0 aliphatic carbocycles. The van der Waals surface area contributed by atoms with Crippen LogP contribution in [0.3, 0.4) is 0 Å². The summed E-state index contributed by atoms with van der Waals surface area (Å²) in [4.78, 5) is 0. The van der Waals surface area contributed by atoms with E-state index >= 15 is 0 Å². The Morgan fingerprint density at radius 2 is 1.48 bits per heavy atom. The normalized spacial score (nSPS) is 11.5. The van der Waals surface area contributed by atoms with Gasteiger partial charge in [0.1, 0.15) is 0 Å². The fourth-order valence-electron chi connectivity index (χ4n) is 1.91. The van der Waals surface area contributed by atoms with Gasteiger partial charge < -0.3 is 0 Å². The second kappa shape index (κ2) is 7.73. The molecule has 0 fully saturated rings. The van der Waals surface area contributed by atoms with Crippen LogP contribution in [0.25, 0.3) is 0 Å². The van der Waals surface area contributed by atoms with Crippen LogP contribution in [0.4, 0.5) is 0 Å². The second-order valence-electron chi connectivity index (χ2n) is 4.83. The Morgan fingerprint density at radius 1 is 0.857 bits per heavy atom. The quantitative estimate of drug-likeness (QED) is 0.763. The molecule has 0 atom stereocenters. The van der Waals surface area contributed by atoms with Gasteiger partial charge in [-0.1, -0.05) is 70.5 Å². The number of benzene rings is 2. The van der Waals surface area contributed by atoms with Crippen molar-refractivity contribution in [2.75, 3.05) is 5.75 Å². The van der Waals surface area contributed by atoms with Gasteiger partial charge in [-0.3, -0.25) is 0 Å². The first-order chi connectivity index (χ1) is 10.1. The van der Waals surface area contributed by atoms with Gasteiger partial charge in [-0.25, -0.2) is 13.1 Å². The second-order valence-corrected chi connectivity index (χ2v) is 7.31. The summed E-state index contributed by atoms with van der Waals surface area (Å²) in [5, 5.41) is 0.802. The van der Waals surface area contributed by atoms with Gasteiger partial charge in [-0.15, -0.1) is 0 Å². The van der Waals surface area contributed by atoms with Crippen molar-refractivity contribution >= 4 is 26.0 Å². The highest BCUT2D eigenvalue weighted by molar-refractivity contribution is 9.08. The van der Waals surface area contributed by atoms with Crippen molar-refractivity contribution < 1.29 is 8.42 Å². The van der Waals surface area contributed by atoms with Crippen LogP contribution in [0.5, 0.6) is 0 Å². The zero-order valence-corrected chi connectivity index (χ0v) is 14.0. The lowest BCUT2D eigenvalue weighted by molar-refractivity contribution is 0.580. The standard InChI is InChI=1S/C16H18BrNO2S/c17-12-15-6-8-16(9-7-15)13-18-21(19,20)11-10-14-4-2-1-3-5-14/h1-9,18H,10-13H2. The van der Waals surface area contributed by atoms with Gasteiger partial charge in [0, 0.05) is 11.9 Å². The summed E-state index contributed by atoms with van der Waals surface area (Å²) in [6.07, 6.45) is 0.526. The highest BCUT2D eigenvalue weighted by Crippen LogP contribution is 2.08. The van der Waals surface area contributed by atoms with E-state index in [9.17, 15) is 8.42 Å². The molecule has 2 rings (SSSR count). The summed E-state index contributed by atoms with van der Waals surface area (Å²) in [5.74, 6) is 0.108. The van der Waals surface area contributed by atoms with Crippen LogP contribution >= 0.6 is 15.9 Å². The van der Waals surface area contributed by atoms with Crippen LogP contribution < -0.4 is 4.72 Å². The Balaban J connectivity index is 1.85. The average molecular weight is 368 g/mol. The largest absolute Gasteiger partial charge is 0.212 e. The summed E-state index contributed by atoms with van der Waals surface area (Å²) < 4.78 is 26.6. The molecule has 0 saturated carbocycles. The summed E-state index contributed by atoms with van der Waals surface area (Å²) in [7, 11) is -3.25. The number of nitrogens with one attached hydrogen (secondary N) is 1. The van der Waals surface area contributed by atoms with Crippen LogP contribution in [0.2, 0.25) is 0 Å². The number of aryl methyl sites for hydroxylation is 1. The van der Waals surface area contributed by atoms with Gasteiger partial charge in [0.25, 0.3) is 0 Å².